The van der Waals surface area contributed by atoms with Gasteiger partial charge in [-0.25, -0.2) is 4.98 Å². The number of likely N-dealkylation sites (N-methyl/N-ethyl adjacent to an activating group) is 1. The number of alkyl halides is 3. The molecule has 2 rings (SSSR count). The Hall–Kier alpha value is -2.35. The molecule has 0 fully saturated rings. The van der Waals surface area contributed by atoms with Crippen LogP contribution in [0.5, 0.6) is 0 Å². The van der Waals surface area contributed by atoms with Gasteiger partial charge in [-0.2, -0.15) is 13.2 Å². The fourth-order valence-electron chi connectivity index (χ4n) is 2.36. The van der Waals surface area contributed by atoms with Gasteiger partial charge in [0.2, 0.25) is 11.8 Å². The van der Waals surface area contributed by atoms with Gasteiger partial charge in [0, 0.05) is 19.2 Å². The molecule has 0 spiro atoms. The van der Waals surface area contributed by atoms with Gasteiger partial charge in [-0.05, 0) is 31.5 Å². The molecule has 0 aliphatic carbocycles. The smallest absolute Gasteiger partial charge is 0.416 e. The molecule has 0 radical (unpaired) electrons. The number of nitrogens with zero attached hydrogens (tertiary/aromatic N) is 1. The molecule has 0 bridgehead atoms. The number of carbonyl (C=O) groups is 1. The zero-order valence-electron chi connectivity index (χ0n) is 14.2. The number of hydrogen-bond acceptors (Lipinski definition) is 4. The van der Waals surface area contributed by atoms with Crippen molar-refractivity contribution in [3.63, 3.8) is 0 Å². The van der Waals surface area contributed by atoms with Crippen LogP contribution in [0.1, 0.15) is 30.4 Å². The molecule has 0 saturated carbocycles. The Labute approximate surface area is 143 Å². The number of benzene rings is 1. The van der Waals surface area contributed by atoms with Crippen molar-refractivity contribution in [3.05, 3.63) is 41.3 Å². The molecule has 1 unspecified atom stereocenters. The lowest BCUT2D eigenvalue weighted by Crippen LogP contribution is -2.42. The maximum Gasteiger partial charge on any atom is 0.416 e. The van der Waals surface area contributed by atoms with Crippen molar-refractivity contribution >= 4 is 5.91 Å². The quantitative estimate of drug-likeness (QED) is 0.835. The summed E-state index contributed by atoms with van der Waals surface area (Å²) in [5.74, 6) is 0.474. The first-order chi connectivity index (χ1) is 11.8. The number of amides is 1. The second kappa shape index (κ2) is 7.69. The monoisotopic (exact) mass is 355 g/mol. The Bertz CT molecular complexity index is 741. The summed E-state index contributed by atoms with van der Waals surface area (Å²) in [4.78, 5) is 15.9. The summed E-state index contributed by atoms with van der Waals surface area (Å²) in [6.45, 7) is 3.83. The molecule has 1 aromatic heterocycles. The number of hydrogen-bond donors (Lipinski definition) is 2. The number of oxazole rings is 1. The van der Waals surface area contributed by atoms with Gasteiger partial charge in [0.1, 0.15) is 5.76 Å². The van der Waals surface area contributed by atoms with Crippen molar-refractivity contribution in [2.24, 2.45) is 0 Å². The lowest BCUT2D eigenvalue weighted by Gasteiger charge is -2.14. The summed E-state index contributed by atoms with van der Waals surface area (Å²) in [6.07, 6.45) is -3.83. The third-order valence-electron chi connectivity index (χ3n) is 3.82. The summed E-state index contributed by atoms with van der Waals surface area (Å²) < 4.78 is 44.0. The highest BCUT2D eigenvalue weighted by atomic mass is 19.4. The lowest BCUT2D eigenvalue weighted by atomic mass is 10.1. The number of nitrogens with one attached hydrogen (secondary N) is 2. The lowest BCUT2D eigenvalue weighted by molar-refractivity contribution is -0.137. The van der Waals surface area contributed by atoms with E-state index in [0.717, 1.165) is 12.1 Å². The van der Waals surface area contributed by atoms with Gasteiger partial charge in [0.25, 0.3) is 0 Å². The third-order valence-corrected chi connectivity index (χ3v) is 3.82. The van der Waals surface area contributed by atoms with Crippen LogP contribution in [0.25, 0.3) is 11.5 Å². The van der Waals surface area contributed by atoms with E-state index in [-0.39, 0.29) is 29.9 Å². The van der Waals surface area contributed by atoms with Gasteiger partial charge >= 0.3 is 6.18 Å². The van der Waals surface area contributed by atoms with E-state index in [1.165, 1.54) is 12.1 Å². The van der Waals surface area contributed by atoms with Crippen molar-refractivity contribution in [2.75, 3.05) is 7.05 Å². The molecule has 1 amide bonds. The summed E-state index contributed by atoms with van der Waals surface area (Å²) in [5, 5.41) is 5.63. The highest BCUT2D eigenvalue weighted by Gasteiger charge is 2.31. The zero-order chi connectivity index (χ0) is 18.6. The Morgan fingerprint density at radius 1 is 1.36 bits per heavy atom. The molecule has 136 valence electrons. The minimum Gasteiger partial charge on any atom is -0.441 e. The largest absolute Gasteiger partial charge is 0.441 e. The molecule has 0 aliphatic heterocycles. The minimum absolute atomic E-state index is 0.119. The van der Waals surface area contributed by atoms with E-state index in [0.29, 0.717) is 17.9 Å². The molecule has 1 aromatic carbocycles. The van der Waals surface area contributed by atoms with E-state index in [1.54, 1.807) is 14.0 Å². The average molecular weight is 355 g/mol. The fraction of sp³-hybridized carbons (Fsp3) is 0.412. The van der Waals surface area contributed by atoms with E-state index in [4.69, 9.17) is 4.42 Å². The fourth-order valence-corrected chi connectivity index (χ4v) is 2.36. The molecule has 2 aromatic rings. The van der Waals surface area contributed by atoms with Crippen molar-refractivity contribution in [3.8, 4) is 11.5 Å². The van der Waals surface area contributed by atoms with Crippen LogP contribution in [0.2, 0.25) is 0 Å². The van der Waals surface area contributed by atoms with Gasteiger partial charge < -0.3 is 15.1 Å². The summed E-state index contributed by atoms with van der Waals surface area (Å²) in [7, 11) is 1.56. The highest BCUT2D eigenvalue weighted by molar-refractivity contribution is 5.81. The van der Waals surface area contributed by atoms with E-state index in [1.807, 2.05) is 6.92 Å². The van der Waals surface area contributed by atoms with Gasteiger partial charge in [-0.15, -0.1) is 0 Å². The standard InChI is InChI=1S/C17H20F3N3O2/c1-4-13(15(24)21-3)22-9-14-10(2)25-16(23-14)11-6-5-7-12(8-11)17(18,19)20/h5-8,13,22H,4,9H2,1-3H3,(H,21,24). The molecular formula is C17H20F3N3O2. The normalized spacial score (nSPS) is 12.9. The van der Waals surface area contributed by atoms with Gasteiger partial charge in [-0.3, -0.25) is 4.79 Å². The van der Waals surface area contributed by atoms with Gasteiger partial charge in [0.15, 0.2) is 0 Å². The number of halogens is 3. The number of carbonyl (C=O) groups excluding carboxylic acids is 1. The zero-order valence-corrected chi connectivity index (χ0v) is 14.2. The second-order valence-corrected chi connectivity index (χ2v) is 5.56. The van der Waals surface area contributed by atoms with Crippen LogP contribution in [0, 0.1) is 6.92 Å². The van der Waals surface area contributed by atoms with Crippen LogP contribution in [0.15, 0.2) is 28.7 Å². The number of aromatic nitrogens is 1. The summed E-state index contributed by atoms with van der Waals surface area (Å²) in [5.41, 5.74) is 0.0449. The topological polar surface area (TPSA) is 67.2 Å². The SMILES string of the molecule is CCC(NCc1nc(-c2cccc(C(F)(F)F)c2)oc1C)C(=O)NC. The molecule has 1 heterocycles. The maximum atomic E-state index is 12.8. The average Bonchev–Trinajstić information content (AvgIpc) is 2.95. The minimum atomic E-state index is -4.43. The van der Waals surface area contributed by atoms with Crippen LogP contribution in [0.4, 0.5) is 13.2 Å². The molecule has 8 heteroatoms. The van der Waals surface area contributed by atoms with Crippen molar-refractivity contribution < 1.29 is 22.4 Å². The molecule has 1 atom stereocenters. The Morgan fingerprint density at radius 3 is 2.68 bits per heavy atom. The van der Waals surface area contributed by atoms with E-state index >= 15 is 0 Å². The highest BCUT2D eigenvalue weighted by Crippen LogP contribution is 2.32. The molecule has 0 aliphatic rings. The Morgan fingerprint density at radius 2 is 2.08 bits per heavy atom. The van der Waals surface area contributed by atoms with Crippen molar-refractivity contribution in [2.45, 2.75) is 39.0 Å². The summed E-state index contributed by atoms with van der Waals surface area (Å²) >= 11 is 0. The Kier molecular flexibility index (Phi) is 5.84. The molecule has 5 nitrogen and oxygen atoms in total. The predicted octanol–water partition coefficient (Wildman–Crippen LogP) is 3.28. The van der Waals surface area contributed by atoms with E-state index < -0.39 is 11.7 Å². The first kappa shape index (κ1) is 19.0. The number of rotatable bonds is 6. The van der Waals surface area contributed by atoms with Crippen LogP contribution in [0.3, 0.4) is 0 Å². The van der Waals surface area contributed by atoms with E-state index in [9.17, 15) is 18.0 Å². The van der Waals surface area contributed by atoms with Gasteiger partial charge in [0.05, 0.1) is 17.3 Å². The first-order valence-corrected chi connectivity index (χ1v) is 7.85. The van der Waals surface area contributed by atoms with Crippen molar-refractivity contribution in [1.82, 2.24) is 15.6 Å². The molecule has 25 heavy (non-hydrogen) atoms. The number of aryl methyl sites for hydroxylation is 1. The molecule has 0 saturated heterocycles. The third kappa shape index (κ3) is 4.60. The van der Waals surface area contributed by atoms with Crippen molar-refractivity contribution in [1.29, 1.82) is 0 Å². The Balaban J connectivity index is 2.19. The van der Waals surface area contributed by atoms with E-state index in [2.05, 4.69) is 15.6 Å². The molecular weight excluding hydrogens is 335 g/mol. The van der Waals surface area contributed by atoms with Gasteiger partial charge in [-0.1, -0.05) is 13.0 Å². The predicted molar refractivity (Wildman–Crippen MR) is 86.7 cm³/mol. The molecule has 2 N–H and O–H groups in total. The second-order valence-electron chi connectivity index (χ2n) is 5.56. The van der Waals surface area contributed by atoms with Crippen LogP contribution < -0.4 is 10.6 Å². The maximum absolute atomic E-state index is 12.8. The van der Waals surface area contributed by atoms with Crippen LogP contribution in [-0.4, -0.2) is 24.0 Å². The summed E-state index contributed by atoms with van der Waals surface area (Å²) in [6, 6.07) is 4.45. The van der Waals surface area contributed by atoms with Crippen LogP contribution >= 0.6 is 0 Å². The first-order valence-electron chi connectivity index (χ1n) is 7.85. The van der Waals surface area contributed by atoms with Crippen LogP contribution in [-0.2, 0) is 17.5 Å².